The van der Waals surface area contributed by atoms with Gasteiger partial charge in [-0.1, -0.05) is 0 Å². The number of carboxylic acids is 1. The smallest absolute Gasteiger partial charge is 0.548 e. The van der Waals surface area contributed by atoms with Gasteiger partial charge in [-0.05, 0) is 38.8 Å². The van der Waals surface area contributed by atoms with E-state index in [2.05, 4.69) is 31.9 Å². The molecule has 1 rings (SSSR count). The van der Waals surface area contributed by atoms with Crippen molar-refractivity contribution in [1.82, 2.24) is 4.57 Å². The molecule has 1 unspecified atom stereocenters. The Morgan fingerprint density at radius 1 is 1.40 bits per heavy atom. The number of aliphatic carboxylic acids is 1. The first-order chi connectivity index (χ1) is 6.43. The molecule has 0 aliphatic carbocycles. The van der Waals surface area contributed by atoms with Gasteiger partial charge in [-0.15, -0.1) is 0 Å². The Balaban J connectivity index is 0.00000196. The summed E-state index contributed by atoms with van der Waals surface area (Å²) in [5, 5.41) is 10.6. The number of rotatable bonds is 2. The molecule has 76 valence electrons. The zero-order valence-corrected chi connectivity index (χ0v) is 13.3. The molecule has 0 aromatic carbocycles. The van der Waals surface area contributed by atoms with E-state index in [1.165, 1.54) is 23.9 Å². The van der Waals surface area contributed by atoms with E-state index in [-0.39, 0.29) is 35.0 Å². The van der Waals surface area contributed by atoms with Gasteiger partial charge in [0.2, 0.25) is 5.43 Å². The van der Waals surface area contributed by atoms with Crippen LogP contribution in [-0.2, 0) is 4.79 Å². The van der Waals surface area contributed by atoms with Crippen molar-refractivity contribution in [3.8, 4) is 0 Å². The molecule has 0 aliphatic rings. The number of halogens is 2. The van der Waals surface area contributed by atoms with Gasteiger partial charge in [-0.2, -0.15) is 0 Å². The third-order valence-corrected chi connectivity index (χ3v) is 2.88. The van der Waals surface area contributed by atoms with Crippen LogP contribution in [0.3, 0.4) is 0 Å². The Hall–Kier alpha value is 0.380. The maximum absolute atomic E-state index is 11.2. The molecule has 15 heavy (non-hydrogen) atoms. The summed E-state index contributed by atoms with van der Waals surface area (Å²) >= 11 is 6.08. The van der Waals surface area contributed by atoms with Crippen LogP contribution in [0.2, 0.25) is 0 Å². The van der Waals surface area contributed by atoms with E-state index in [1.54, 1.807) is 0 Å². The summed E-state index contributed by atoms with van der Waals surface area (Å²) in [6.07, 6.45) is 2.82. The third kappa shape index (κ3) is 3.71. The molecule has 1 heterocycles. The Morgan fingerprint density at radius 3 is 2.13 bits per heavy atom. The second-order valence-corrected chi connectivity index (χ2v) is 4.43. The SMILES string of the molecule is CC(C(=O)[O-])n1cc(Br)c(=O)c(Br)c1.[Na+]. The maximum Gasteiger partial charge on any atom is 1.00 e. The van der Waals surface area contributed by atoms with Gasteiger partial charge >= 0.3 is 29.6 Å². The maximum atomic E-state index is 11.2. The summed E-state index contributed by atoms with van der Waals surface area (Å²) in [6.45, 7) is 1.47. The number of carboxylic acid groups (broad SMARTS) is 1. The number of carbonyl (C=O) groups excluding carboxylic acids is 1. The molecule has 0 amide bonds. The van der Waals surface area contributed by atoms with Crippen molar-refractivity contribution in [2.24, 2.45) is 0 Å². The average molecular weight is 347 g/mol. The van der Waals surface area contributed by atoms with Crippen LogP contribution in [0.15, 0.2) is 26.1 Å². The molecule has 0 saturated carbocycles. The molecule has 0 N–H and O–H groups in total. The monoisotopic (exact) mass is 345 g/mol. The largest absolute Gasteiger partial charge is 1.00 e. The van der Waals surface area contributed by atoms with Gasteiger partial charge in [0.1, 0.15) is 0 Å². The van der Waals surface area contributed by atoms with Crippen LogP contribution >= 0.6 is 31.9 Å². The Morgan fingerprint density at radius 2 is 1.80 bits per heavy atom. The minimum absolute atomic E-state index is 0. The predicted molar refractivity (Wildman–Crippen MR) is 55.8 cm³/mol. The second-order valence-electron chi connectivity index (χ2n) is 2.73. The Labute approximate surface area is 125 Å². The van der Waals surface area contributed by atoms with Gasteiger partial charge in [0.05, 0.1) is 21.0 Å². The third-order valence-electron chi connectivity index (χ3n) is 1.75. The standard InChI is InChI=1S/C8H7Br2NO3.Na/c1-4(8(13)14)11-2-5(9)7(12)6(10)3-11;/h2-4H,1H3,(H,13,14);/q;+1/p-1. The van der Waals surface area contributed by atoms with Gasteiger partial charge in [0.25, 0.3) is 0 Å². The van der Waals surface area contributed by atoms with E-state index in [0.29, 0.717) is 8.95 Å². The zero-order chi connectivity index (χ0) is 10.9. The topological polar surface area (TPSA) is 62.1 Å². The fourth-order valence-electron chi connectivity index (χ4n) is 0.876. The first-order valence-corrected chi connectivity index (χ1v) is 5.29. The molecule has 0 aliphatic heterocycles. The summed E-state index contributed by atoms with van der Waals surface area (Å²) in [7, 11) is 0. The van der Waals surface area contributed by atoms with Crippen LogP contribution in [0, 0.1) is 0 Å². The summed E-state index contributed by atoms with van der Waals surface area (Å²) < 4.78 is 1.99. The van der Waals surface area contributed by atoms with E-state index in [0.717, 1.165) is 0 Å². The number of aromatic nitrogens is 1. The minimum Gasteiger partial charge on any atom is -0.548 e. The van der Waals surface area contributed by atoms with Crippen LogP contribution in [0.25, 0.3) is 0 Å². The van der Waals surface area contributed by atoms with Crippen LogP contribution < -0.4 is 40.1 Å². The molecule has 1 aromatic heterocycles. The molecule has 0 radical (unpaired) electrons. The van der Waals surface area contributed by atoms with E-state index < -0.39 is 12.0 Å². The number of hydrogen-bond donors (Lipinski definition) is 0. The zero-order valence-electron chi connectivity index (χ0n) is 8.16. The normalized spacial score (nSPS) is 11.7. The number of carbonyl (C=O) groups is 1. The van der Waals surface area contributed by atoms with Gasteiger partial charge in [0, 0.05) is 12.4 Å². The van der Waals surface area contributed by atoms with Crippen LogP contribution in [0.1, 0.15) is 13.0 Å². The van der Waals surface area contributed by atoms with Crippen LogP contribution in [-0.4, -0.2) is 10.5 Å². The second kappa shape index (κ2) is 6.20. The van der Waals surface area contributed by atoms with Crippen molar-refractivity contribution >= 4 is 37.8 Å². The Kier molecular flexibility index (Phi) is 6.36. The Bertz CT molecular complexity index is 406. The predicted octanol–water partition coefficient (Wildman–Crippen LogP) is -2.31. The molecule has 0 fully saturated rings. The van der Waals surface area contributed by atoms with Crippen molar-refractivity contribution in [3.05, 3.63) is 31.6 Å². The van der Waals surface area contributed by atoms with Crippen molar-refractivity contribution < 1.29 is 39.5 Å². The van der Waals surface area contributed by atoms with E-state index >= 15 is 0 Å². The van der Waals surface area contributed by atoms with Crippen molar-refractivity contribution in [3.63, 3.8) is 0 Å². The van der Waals surface area contributed by atoms with Crippen molar-refractivity contribution in [2.75, 3.05) is 0 Å². The summed E-state index contributed by atoms with van der Waals surface area (Å²) in [5.74, 6) is -1.20. The van der Waals surface area contributed by atoms with Crippen molar-refractivity contribution in [1.29, 1.82) is 0 Å². The van der Waals surface area contributed by atoms with Gasteiger partial charge in [-0.25, -0.2) is 0 Å². The van der Waals surface area contributed by atoms with Crippen LogP contribution in [0.5, 0.6) is 0 Å². The summed E-state index contributed by atoms with van der Waals surface area (Å²) in [6, 6.07) is -0.816. The molecule has 0 saturated heterocycles. The van der Waals surface area contributed by atoms with Crippen molar-refractivity contribution in [2.45, 2.75) is 13.0 Å². The van der Waals surface area contributed by atoms with Gasteiger partial charge in [0.15, 0.2) is 0 Å². The van der Waals surface area contributed by atoms with Gasteiger partial charge < -0.3 is 14.5 Å². The number of nitrogens with zero attached hydrogens (tertiary/aromatic N) is 1. The molecule has 4 nitrogen and oxygen atoms in total. The first-order valence-electron chi connectivity index (χ1n) is 3.71. The average Bonchev–Trinajstić information content (AvgIpc) is 2.12. The first kappa shape index (κ1) is 15.4. The molecular formula is C8H6Br2NNaO3. The quantitative estimate of drug-likeness (QED) is 0.565. The molecule has 1 aromatic rings. The van der Waals surface area contributed by atoms with Gasteiger partial charge in [-0.3, -0.25) is 4.79 Å². The number of hydrogen-bond acceptors (Lipinski definition) is 3. The molecule has 0 spiro atoms. The molecule has 0 bridgehead atoms. The van der Waals surface area contributed by atoms with E-state index in [4.69, 9.17) is 0 Å². The molecular weight excluding hydrogens is 341 g/mol. The van der Waals surface area contributed by atoms with E-state index in [1.807, 2.05) is 0 Å². The van der Waals surface area contributed by atoms with E-state index in [9.17, 15) is 14.7 Å². The summed E-state index contributed by atoms with van der Waals surface area (Å²) in [4.78, 5) is 21.8. The van der Waals surface area contributed by atoms with Crippen LogP contribution in [0.4, 0.5) is 0 Å². The molecule has 7 heteroatoms. The minimum atomic E-state index is -1.20. The fourth-order valence-corrected chi connectivity index (χ4v) is 2.04. The fraction of sp³-hybridized carbons (Fsp3) is 0.250. The summed E-state index contributed by atoms with van der Waals surface area (Å²) in [5.41, 5.74) is -0.216. The number of pyridine rings is 1. The molecule has 1 atom stereocenters.